The third-order valence-electron chi connectivity index (χ3n) is 1.89. The smallest absolute Gasteiger partial charge is 0.237 e. The maximum Gasteiger partial charge on any atom is 0.237 e. The van der Waals surface area contributed by atoms with E-state index in [1.165, 1.54) is 0 Å². The van der Waals surface area contributed by atoms with Gasteiger partial charge in [-0.05, 0) is 25.8 Å². The SMILES string of the molecule is CC(Cl)C(=O)NCC1CCC=CO1. The van der Waals surface area contributed by atoms with Crippen LogP contribution in [0.15, 0.2) is 12.3 Å². The molecule has 0 aromatic carbocycles. The first-order valence-electron chi connectivity index (χ1n) is 4.42. The highest BCUT2D eigenvalue weighted by atomic mass is 35.5. The van der Waals surface area contributed by atoms with Crippen LogP contribution in [0.25, 0.3) is 0 Å². The highest BCUT2D eigenvalue weighted by Gasteiger charge is 2.14. The van der Waals surface area contributed by atoms with Crippen LogP contribution in [0.1, 0.15) is 19.8 Å². The summed E-state index contributed by atoms with van der Waals surface area (Å²) >= 11 is 5.58. The minimum absolute atomic E-state index is 0.101. The monoisotopic (exact) mass is 203 g/mol. The van der Waals surface area contributed by atoms with Crippen LogP contribution >= 0.6 is 11.6 Å². The maximum atomic E-state index is 11.1. The van der Waals surface area contributed by atoms with Gasteiger partial charge in [-0.1, -0.05) is 0 Å². The standard InChI is InChI=1S/C9H14ClNO2/c1-7(10)9(12)11-6-8-4-2-3-5-13-8/h3,5,7-8H,2,4,6H2,1H3,(H,11,12). The minimum Gasteiger partial charge on any atom is -0.497 e. The number of carbonyl (C=O) groups excluding carboxylic acids is 1. The summed E-state index contributed by atoms with van der Waals surface area (Å²) in [5, 5.41) is 2.25. The molecule has 13 heavy (non-hydrogen) atoms. The molecule has 1 heterocycles. The molecule has 1 aliphatic heterocycles. The average Bonchev–Trinajstić information content (AvgIpc) is 2.15. The molecule has 4 heteroatoms. The van der Waals surface area contributed by atoms with Crippen molar-refractivity contribution in [2.75, 3.05) is 6.54 Å². The molecule has 0 aromatic heterocycles. The number of carbonyl (C=O) groups is 1. The van der Waals surface area contributed by atoms with Gasteiger partial charge in [0.25, 0.3) is 0 Å². The molecule has 1 rings (SSSR count). The molecule has 0 aromatic rings. The zero-order valence-corrected chi connectivity index (χ0v) is 8.38. The van der Waals surface area contributed by atoms with E-state index in [-0.39, 0.29) is 12.0 Å². The number of ether oxygens (including phenoxy) is 1. The maximum absolute atomic E-state index is 11.1. The molecular weight excluding hydrogens is 190 g/mol. The van der Waals surface area contributed by atoms with Crippen LogP contribution in [-0.2, 0) is 9.53 Å². The predicted molar refractivity (Wildman–Crippen MR) is 51.6 cm³/mol. The lowest BCUT2D eigenvalue weighted by Gasteiger charge is -2.19. The molecule has 74 valence electrons. The van der Waals surface area contributed by atoms with Gasteiger partial charge in [0.1, 0.15) is 11.5 Å². The van der Waals surface area contributed by atoms with Crippen LogP contribution < -0.4 is 5.32 Å². The number of nitrogens with one attached hydrogen (secondary N) is 1. The number of rotatable bonds is 3. The number of hydrogen-bond acceptors (Lipinski definition) is 2. The van der Waals surface area contributed by atoms with E-state index in [1.54, 1.807) is 13.2 Å². The Bertz CT molecular complexity index is 204. The van der Waals surface area contributed by atoms with Crippen LogP contribution in [0, 0.1) is 0 Å². The molecule has 2 unspecified atom stereocenters. The largest absolute Gasteiger partial charge is 0.497 e. The van der Waals surface area contributed by atoms with Crippen LogP contribution in [-0.4, -0.2) is 23.9 Å². The van der Waals surface area contributed by atoms with E-state index in [0.29, 0.717) is 6.54 Å². The topological polar surface area (TPSA) is 38.3 Å². The third-order valence-corrected chi connectivity index (χ3v) is 2.09. The van der Waals surface area contributed by atoms with Crippen molar-refractivity contribution in [3.63, 3.8) is 0 Å². The van der Waals surface area contributed by atoms with Gasteiger partial charge in [0.05, 0.1) is 12.8 Å². The number of allylic oxidation sites excluding steroid dienone is 1. The second kappa shape index (κ2) is 5.12. The Balaban J connectivity index is 2.18. The molecule has 1 amide bonds. The Morgan fingerprint density at radius 3 is 3.15 bits per heavy atom. The summed E-state index contributed by atoms with van der Waals surface area (Å²) < 4.78 is 5.27. The first kappa shape index (κ1) is 10.4. The second-order valence-corrected chi connectivity index (χ2v) is 3.72. The van der Waals surface area contributed by atoms with Crippen molar-refractivity contribution >= 4 is 17.5 Å². The van der Waals surface area contributed by atoms with E-state index in [9.17, 15) is 4.79 Å². The predicted octanol–water partition coefficient (Wildman–Crippen LogP) is 1.42. The van der Waals surface area contributed by atoms with Gasteiger partial charge < -0.3 is 10.1 Å². The van der Waals surface area contributed by atoms with Crippen molar-refractivity contribution < 1.29 is 9.53 Å². The van der Waals surface area contributed by atoms with Crippen molar-refractivity contribution in [1.29, 1.82) is 0 Å². The van der Waals surface area contributed by atoms with Crippen molar-refractivity contribution in [2.24, 2.45) is 0 Å². The Kier molecular flexibility index (Phi) is 4.09. The lowest BCUT2D eigenvalue weighted by Crippen LogP contribution is -2.37. The number of hydrogen-bond donors (Lipinski definition) is 1. The van der Waals surface area contributed by atoms with Gasteiger partial charge in [-0.3, -0.25) is 4.79 Å². The molecular formula is C9H14ClNO2. The normalized spacial score (nSPS) is 23.4. The van der Waals surface area contributed by atoms with Gasteiger partial charge in [0.2, 0.25) is 5.91 Å². The van der Waals surface area contributed by atoms with Crippen LogP contribution in [0.3, 0.4) is 0 Å². The number of alkyl halides is 1. The van der Waals surface area contributed by atoms with Gasteiger partial charge in [-0.2, -0.15) is 0 Å². The molecule has 0 bridgehead atoms. The van der Waals surface area contributed by atoms with E-state index in [0.717, 1.165) is 12.8 Å². The molecule has 2 atom stereocenters. The average molecular weight is 204 g/mol. The fraction of sp³-hybridized carbons (Fsp3) is 0.667. The molecule has 3 nitrogen and oxygen atoms in total. The second-order valence-electron chi connectivity index (χ2n) is 3.07. The van der Waals surface area contributed by atoms with Crippen LogP contribution in [0.4, 0.5) is 0 Å². The van der Waals surface area contributed by atoms with Crippen molar-refractivity contribution in [3.8, 4) is 0 Å². The summed E-state index contributed by atoms with van der Waals surface area (Å²) in [6.45, 7) is 2.19. The first-order chi connectivity index (χ1) is 6.20. The highest BCUT2D eigenvalue weighted by molar-refractivity contribution is 6.30. The van der Waals surface area contributed by atoms with Gasteiger partial charge >= 0.3 is 0 Å². The molecule has 0 saturated heterocycles. The van der Waals surface area contributed by atoms with Crippen LogP contribution in [0.5, 0.6) is 0 Å². The summed E-state index contributed by atoms with van der Waals surface area (Å²) in [5.41, 5.74) is 0. The summed E-state index contributed by atoms with van der Waals surface area (Å²) in [6, 6.07) is 0. The molecule has 0 aliphatic carbocycles. The Morgan fingerprint density at radius 2 is 2.62 bits per heavy atom. The minimum atomic E-state index is -0.473. The first-order valence-corrected chi connectivity index (χ1v) is 4.86. The van der Waals surface area contributed by atoms with Gasteiger partial charge in [-0.25, -0.2) is 0 Å². The summed E-state index contributed by atoms with van der Waals surface area (Å²) in [6.07, 6.45) is 5.72. The van der Waals surface area contributed by atoms with E-state index >= 15 is 0 Å². The zero-order valence-electron chi connectivity index (χ0n) is 7.63. The molecule has 0 fully saturated rings. The highest BCUT2D eigenvalue weighted by Crippen LogP contribution is 2.09. The summed E-state index contributed by atoms with van der Waals surface area (Å²) in [7, 11) is 0. The van der Waals surface area contributed by atoms with E-state index < -0.39 is 5.38 Å². The molecule has 1 aliphatic rings. The molecule has 0 saturated carbocycles. The van der Waals surface area contributed by atoms with Crippen LogP contribution in [0.2, 0.25) is 0 Å². The Morgan fingerprint density at radius 1 is 1.85 bits per heavy atom. The van der Waals surface area contributed by atoms with E-state index in [1.807, 2.05) is 6.08 Å². The third kappa shape index (κ3) is 3.68. The van der Waals surface area contributed by atoms with Gasteiger partial charge in [-0.15, -0.1) is 11.6 Å². The van der Waals surface area contributed by atoms with Crippen molar-refractivity contribution in [2.45, 2.75) is 31.2 Å². The fourth-order valence-electron chi connectivity index (χ4n) is 1.09. The fourth-order valence-corrected chi connectivity index (χ4v) is 1.17. The Labute approximate surface area is 83.1 Å². The van der Waals surface area contributed by atoms with E-state index in [4.69, 9.17) is 16.3 Å². The van der Waals surface area contributed by atoms with Crippen molar-refractivity contribution in [1.82, 2.24) is 5.32 Å². The van der Waals surface area contributed by atoms with Crippen molar-refractivity contribution in [3.05, 3.63) is 12.3 Å². The lowest BCUT2D eigenvalue weighted by molar-refractivity contribution is -0.121. The molecule has 0 radical (unpaired) electrons. The summed E-state index contributed by atoms with van der Waals surface area (Å²) in [4.78, 5) is 11.1. The zero-order chi connectivity index (χ0) is 9.68. The van der Waals surface area contributed by atoms with Gasteiger partial charge in [0.15, 0.2) is 0 Å². The van der Waals surface area contributed by atoms with E-state index in [2.05, 4.69) is 5.32 Å². The Hall–Kier alpha value is -0.700. The lowest BCUT2D eigenvalue weighted by atomic mass is 10.1. The molecule has 1 N–H and O–H groups in total. The summed E-state index contributed by atoms with van der Waals surface area (Å²) in [5.74, 6) is -0.139. The molecule has 0 spiro atoms. The quantitative estimate of drug-likeness (QED) is 0.705. The number of halogens is 1. The van der Waals surface area contributed by atoms with Gasteiger partial charge in [0, 0.05) is 0 Å². The number of amides is 1.